The van der Waals surface area contributed by atoms with E-state index in [1.165, 1.54) is 0 Å². The highest BCUT2D eigenvalue weighted by atomic mass is 15.3. The summed E-state index contributed by atoms with van der Waals surface area (Å²) in [5.74, 6) is 1.53. The minimum Gasteiger partial charge on any atom is -0.398 e. The van der Waals surface area contributed by atoms with Crippen LogP contribution in [0.5, 0.6) is 0 Å². The predicted molar refractivity (Wildman–Crippen MR) is 73.7 cm³/mol. The molecule has 19 heavy (non-hydrogen) atoms. The number of fused-ring (bicyclic) bond motifs is 1. The average Bonchev–Trinajstić information content (AvgIpc) is 2.81. The van der Waals surface area contributed by atoms with E-state index in [9.17, 15) is 0 Å². The van der Waals surface area contributed by atoms with Gasteiger partial charge in [-0.25, -0.2) is 4.98 Å². The number of aromatic nitrogens is 4. The Morgan fingerprint density at radius 1 is 1.26 bits per heavy atom. The summed E-state index contributed by atoms with van der Waals surface area (Å²) in [6.07, 6.45) is 3.56. The van der Waals surface area contributed by atoms with Crippen molar-refractivity contribution in [3.8, 4) is 0 Å². The number of hydrogen-bond acceptors (Lipinski definition) is 5. The summed E-state index contributed by atoms with van der Waals surface area (Å²) in [5.41, 5.74) is 8.42. The van der Waals surface area contributed by atoms with Crippen molar-refractivity contribution in [2.24, 2.45) is 0 Å². The molecule has 0 aliphatic carbocycles. The van der Waals surface area contributed by atoms with E-state index in [1.54, 1.807) is 6.20 Å². The molecule has 3 aromatic rings. The molecule has 0 saturated carbocycles. The highest BCUT2D eigenvalue weighted by Gasteiger charge is 2.07. The van der Waals surface area contributed by atoms with Gasteiger partial charge in [0.05, 0.1) is 0 Å². The van der Waals surface area contributed by atoms with Gasteiger partial charge in [-0.3, -0.25) is 4.40 Å². The van der Waals surface area contributed by atoms with Crippen LogP contribution in [0, 0.1) is 6.92 Å². The number of nitrogens with one attached hydrogen (secondary N) is 1. The Hall–Kier alpha value is -2.63. The molecule has 0 amide bonds. The normalized spacial score (nSPS) is 10.8. The second-order valence-corrected chi connectivity index (χ2v) is 4.27. The van der Waals surface area contributed by atoms with E-state index in [0.29, 0.717) is 12.4 Å². The quantitative estimate of drug-likeness (QED) is 0.694. The topological polar surface area (TPSA) is 81.1 Å². The van der Waals surface area contributed by atoms with E-state index < -0.39 is 0 Å². The molecule has 0 fully saturated rings. The molecule has 2 aromatic heterocycles. The largest absolute Gasteiger partial charge is 0.398 e. The van der Waals surface area contributed by atoms with Crippen LogP contribution in [-0.4, -0.2) is 19.6 Å². The summed E-state index contributed by atoms with van der Waals surface area (Å²) in [7, 11) is 0. The van der Waals surface area contributed by atoms with Crippen LogP contribution in [0.2, 0.25) is 0 Å². The van der Waals surface area contributed by atoms with Crippen LogP contribution in [0.15, 0.2) is 36.7 Å². The SMILES string of the molecule is Cc1nnc2c(NCc3ccccc3N)nccn12. The van der Waals surface area contributed by atoms with Crippen molar-refractivity contribution < 1.29 is 0 Å². The number of nitrogens with zero attached hydrogens (tertiary/aromatic N) is 4. The third-order valence-corrected chi connectivity index (χ3v) is 3.00. The van der Waals surface area contributed by atoms with Crippen LogP contribution >= 0.6 is 0 Å². The summed E-state index contributed by atoms with van der Waals surface area (Å²) in [5, 5.41) is 11.4. The lowest BCUT2D eigenvalue weighted by Crippen LogP contribution is -2.05. The molecular weight excluding hydrogens is 240 g/mol. The molecule has 0 spiro atoms. The van der Waals surface area contributed by atoms with Gasteiger partial charge in [0.1, 0.15) is 5.82 Å². The minimum atomic E-state index is 0.602. The molecular formula is C13H14N6. The van der Waals surface area contributed by atoms with Crippen LogP contribution in [0.4, 0.5) is 11.5 Å². The van der Waals surface area contributed by atoms with Gasteiger partial charge >= 0.3 is 0 Å². The Labute approximate surface area is 110 Å². The first kappa shape index (κ1) is 11.5. The molecule has 0 saturated heterocycles. The molecule has 1 aromatic carbocycles. The Balaban J connectivity index is 1.88. The second-order valence-electron chi connectivity index (χ2n) is 4.27. The van der Waals surface area contributed by atoms with Crippen LogP contribution in [0.25, 0.3) is 5.65 Å². The molecule has 0 radical (unpaired) electrons. The Kier molecular flexibility index (Phi) is 2.75. The van der Waals surface area contributed by atoms with Gasteiger partial charge in [0, 0.05) is 24.6 Å². The van der Waals surface area contributed by atoms with Gasteiger partial charge in [-0.2, -0.15) is 0 Å². The van der Waals surface area contributed by atoms with E-state index in [1.807, 2.05) is 41.8 Å². The van der Waals surface area contributed by atoms with Crippen LogP contribution < -0.4 is 11.1 Å². The fourth-order valence-electron chi connectivity index (χ4n) is 1.94. The molecule has 0 unspecified atom stereocenters. The number of para-hydroxylation sites is 1. The Bertz CT molecular complexity index is 718. The van der Waals surface area contributed by atoms with E-state index >= 15 is 0 Å². The van der Waals surface area contributed by atoms with Gasteiger partial charge < -0.3 is 11.1 Å². The third kappa shape index (κ3) is 2.08. The maximum absolute atomic E-state index is 5.91. The van der Waals surface area contributed by atoms with Crippen LogP contribution in [-0.2, 0) is 6.54 Å². The number of nitrogens with two attached hydrogens (primary N) is 1. The van der Waals surface area contributed by atoms with Crippen molar-refractivity contribution in [3.63, 3.8) is 0 Å². The predicted octanol–water partition coefficient (Wildman–Crippen LogP) is 1.63. The van der Waals surface area contributed by atoms with Gasteiger partial charge in [0.2, 0.25) is 5.65 Å². The van der Waals surface area contributed by atoms with E-state index in [4.69, 9.17) is 5.73 Å². The Morgan fingerprint density at radius 3 is 2.95 bits per heavy atom. The van der Waals surface area contributed by atoms with Crippen molar-refractivity contribution in [2.45, 2.75) is 13.5 Å². The van der Waals surface area contributed by atoms with Crippen molar-refractivity contribution in [3.05, 3.63) is 48.0 Å². The summed E-state index contributed by atoms with van der Waals surface area (Å²) in [6.45, 7) is 2.50. The smallest absolute Gasteiger partial charge is 0.203 e. The molecule has 0 aliphatic heterocycles. The first-order chi connectivity index (χ1) is 9.25. The maximum Gasteiger partial charge on any atom is 0.203 e. The van der Waals surface area contributed by atoms with Gasteiger partial charge in [-0.15, -0.1) is 10.2 Å². The number of rotatable bonds is 3. The molecule has 96 valence electrons. The van der Waals surface area contributed by atoms with E-state index in [2.05, 4.69) is 20.5 Å². The minimum absolute atomic E-state index is 0.602. The van der Waals surface area contributed by atoms with E-state index in [0.717, 1.165) is 22.7 Å². The Morgan fingerprint density at radius 2 is 2.11 bits per heavy atom. The number of benzene rings is 1. The number of aryl methyl sites for hydroxylation is 1. The van der Waals surface area contributed by atoms with E-state index in [-0.39, 0.29) is 0 Å². The van der Waals surface area contributed by atoms with Gasteiger partial charge in [0.25, 0.3) is 0 Å². The van der Waals surface area contributed by atoms with Crippen LogP contribution in [0.3, 0.4) is 0 Å². The fraction of sp³-hybridized carbons (Fsp3) is 0.154. The van der Waals surface area contributed by atoms with Gasteiger partial charge in [-0.1, -0.05) is 18.2 Å². The average molecular weight is 254 g/mol. The number of anilines is 2. The molecule has 2 heterocycles. The number of nitrogen functional groups attached to an aromatic ring is 1. The summed E-state index contributed by atoms with van der Waals surface area (Å²) >= 11 is 0. The highest BCUT2D eigenvalue weighted by Crippen LogP contribution is 2.15. The van der Waals surface area contributed by atoms with Gasteiger partial charge in [-0.05, 0) is 18.6 Å². The molecule has 3 rings (SSSR count). The zero-order valence-corrected chi connectivity index (χ0v) is 10.5. The third-order valence-electron chi connectivity index (χ3n) is 3.00. The van der Waals surface area contributed by atoms with Crippen molar-refractivity contribution in [2.75, 3.05) is 11.1 Å². The lowest BCUT2D eigenvalue weighted by molar-refractivity contribution is 1.000. The molecule has 3 N–H and O–H groups in total. The summed E-state index contributed by atoms with van der Waals surface area (Å²) in [4.78, 5) is 4.29. The maximum atomic E-state index is 5.91. The van der Waals surface area contributed by atoms with Crippen LogP contribution in [0.1, 0.15) is 11.4 Å². The lowest BCUT2D eigenvalue weighted by atomic mass is 10.2. The molecule has 0 bridgehead atoms. The zero-order valence-electron chi connectivity index (χ0n) is 10.5. The highest BCUT2D eigenvalue weighted by molar-refractivity contribution is 5.62. The number of hydrogen-bond donors (Lipinski definition) is 2. The fourth-order valence-corrected chi connectivity index (χ4v) is 1.94. The standard InChI is InChI=1S/C13H14N6/c1-9-17-18-13-12(15-6-7-19(9)13)16-8-10-4-2-3-5-11(10)14/h2-7H,8,14H2,1H3,(H,15,16). The van der Waals surface area contributed by atoms with Gasteiger partial charge in [0.15, 0.2) is 5.82 Å². The van der Waals surface area contributed by atoms with Crippen molar-refractivity contribution in [1.82, 2.24) is 19.6 Å². The second kappa shape index (κ2) is 4.56. The van der Waals surface area contributed by atoms with Crippen molar-refractivity contribution >= 4 is 17.2 Å². The molecule has 0 atom stereocenters. The molecule has 6 nitrogen and oxygen atoms in total. The summed E-state index contributed by atoms with van der Waals surface area (Å²) in [6, 6.07) is 7.74. The van der Waals surface area contributed by atoms with Crippen molar-refractivity contribution in [1.29, 1.82) is 0 Å². The molecule has 0 aliphatic rings. The summed E-state index contributed by atoms with van der Waals surface area (Å²) < 4.78 is 1.89. The molecule has 6 heteroatoms. The monoisotopic (exact) mass is 254 g/mol. The lowest BCUT2D eigenvalue weighted by Gasteiger charge is -2.08. The zero-order chi connectivity index (χ0) is 13.2. The first-order valence-electron chi connectivity index (χ1n) is 5.99. The first-order valence-corrected chi connectivity index (χ1v) is 5.99.